The number of amides is 2. The largest absolute Gasteiger partial charge is 0.305 e. The first-order valence-corrected chi connectivity index (χ1v) is 5.56. The summed E-state index contributed by atoms with van der Waals surface area (Å²) in [6, 6.07) is -0.359. The average Bonchev–Trinajstić information content (AvgIpc) is 2.90. The van der Waals surface area contributed by atoms with Gasteiger partial charge in [0.25, 0.3) is 0 Å². The molecule has 1 aliphatic heterocycles. The summed E-state index contributed by atoms with van der Waals surface area (Å²) in [5.41, 5.74) is 0. The van der Waals surface area contributed by atoms with E-state index in [4.69, 9.17) is 0 Å². The summed E-state index contributed by atoms with van der Waals surface area (Å²) in [6.45, 7) is 0.679. The summed E-state index contributed by atoms with van der Waals surface area (Å²) in [5.74, 6) is 0.565. The van der Waals surface area contributed by atoms with Crippen molar-refractivity contribution < 1.29 is 9.59 Å². The van der Waals surface area contributed by atoms with Crippen LogP contribution in [-0.4, -0.2) is 51.5 Å². The Kier molecular flexibility index (Phi) is 3.48. The van der Waals surface area contributed by atoms with Crippen LogP contribution in [0.3, 0.4) is 0 Å². The molecule has 1 aromatic rings. The summed E-state index contributed by atoms with van der Waals surface area (Å²) in [7, 11) is 1.51. The molecule has 0 aromatic carbocycles. The Morgan fingerprint density at radius 3 is 3.00 bits per heavy atom. The van der Waals surface area contributed by atoms with Crippen LogP contribution in [0.4, 0.5) is 0 Å². The number of carbonyl (C=O) groups is 2. The van der Waals surface area contributed by atoms with Gasteiger partial charge in [0, 0.05) is 13.5 Å². The van der Waals surface area contributed by atoms with E-state index in [0.29, 0.717) is 6.54 Å². The van der Waals surface area contributed by atoms with Crippen molar-refractivity contribution in [2.45, 2.75) is 25.3 Å². The number of likely N-dealkylation sites (N-methyl/N-ethyl adjacent to an activating group) is 1. The SMILES string of the molecule is CN1C(=O)CC(NCCCc2ncn[nH]2)C1=O. The normalized spacial score (nSPS) is 20.3. The number of carbonyl (C=O) groups excluding carboxylic acids is 2. The fourth-order valence-electron chi connectivity index (χ4n) is 1.80. The summed E-state index contributed by atoms with van der Waals surface area (Å²) in [5, 5.41) is 9.60. The van der Waals surface area contributed by atoms with Crippen molar-refractivity contribution in [1.82, 2.24) is 25.4 Å². The van der Waals surface area contributed by atoms with Gasteiger partial charge in [0.1, 0.15) is 12.2 Å². The van der Waals surface area contributed by atoms with E-state index in [9.17, 15) is 9.59 Å². The van der Waals surface area contributed by atoms with Crippen LogP contribution < -0.4 is 5.32 Å². The highest BCUT2D eigenvalue weighted by atomic mass is 16.2. The number of imide groups is 1. The lowest BCUT2D eigenvalue weighted by molar-refractivity contribution is -0.137. The Hall–Kier alpha value is -1.76. The Labute approximate surface area is 98.6 Å². The molecule has 2 amide bonds. The summed E-state index contributed by atoms with van der Waals surface area (Å²) in [6.07, 6.45) is 3.35. The van der Waals surface area contributed by atoms with Crippen LogP contribution in [0.1, 0.15) is 18.7 Å². The van der Waals surface area contributed by atoms with E-state index in [2.05, 4.69) is 20.5 Å². The molecule has 0 radical (unpaired) electrons. The molecule has 17 heavy (non-hydrogen) atoms. The van der Waals surface area contributed by atoms with Gasteiger partial charge >= 0.3 is 0 Å². The van der Waals surface area contributed by atoms with Gasteiger partial charge in [-0.05, 0) is 13.0 Å². The van der Waals surface area contributed by atoms with E-state index in [0.717, 1.165) is 18.7 Å². The highest BCUT2D eigenvalue weighted by molar-refractivity contribution is 6.05. The number of hydrogen-bond donors (Lipinski definition) is 2. The van der Waals surface area contributed by atoms with Crippen molar-refractivity contribution in [2.75, 3.05) is 13.6 Å². The van der Waals surface area contributed by atoms with E-state index in [1.54, 1.807) is 0 Å². The van der Waals surface area contributed by atoms with E-state index in [1.165, 1.54) is 18.3 Å². The lowest BCUT2D eigenvalue weighted by Gasteiger charge is -2.10. The lowest BCUT2D eigenvalue weighted by atomic mass is 10.2. The molecule has 7 nitrogen and oxygen atoms in total. The molecule has 1 saturated heterocycles. The minimum Gasteiger partial charge on any atom is -0.305 e. The zero-order valence-electron chi connectivity index (χ0n) is 9.64. The number of hydrogen-bond acceptors (Lipinski definition) is 5. The lowest BCUT2D eigenvalue weighted by Crippen LogP contribution is -2.37. The van der Waals surface area contributed by atoms with Crippen molar-refractivity contribution >= 4 is 11.8 Å². The number of nitrogens with zero attached hydrogens (tertiary/aromatic N) is 3. The smallest absolute Gasteiger partial charge is 0.246 e. The first-order chi connectivity index (χ1) is 8.18. The van der Waals surface area contributed by atoms with Crippen LogP contribution in [0.15, 0.2) is 6.33 Å². The number of aryl methyl sites for hydroxylation is 1. The van der Waals surface area contributed by atoms with Crippen LogP contribution >= 0.6 is 0 Å². The standard InChI is InChI=1S/C10H15N5O2/c1-15-9(16)5-7(10(15)17)11-4-2-3-8-12-6-13-14-8/h6-7,11H,2-5H2,1H3,(H,12,13,14). The van der Waals surface area contributed by atoms with Gasteiger partial charge in [0.15, 0.2) is 0 Å². The number of rotatable bonds is 5. The average molecular weight is 237 g/mol. The highest BCUT2D eigenvalue weighted by Crippen LogP contribution is 2.10. The van der Waals surface area contributed by atoms with Crippen molar-refractivity contribution in [1.29, 1.82) is 0 Å². The number of nitrogens with one attached hydrogen (secondary N) is 2. The third-order valence-electron chi connectivity index (χ3n) is 2.83. The highest BCUT2D eigenvalue weighted by Gasteiger charge is 2.35. The predicted molar refractivity (Wildman–Crippen MR) is 58.9 cm³/mol. The minimum absolute atomic E-state index is 0.122. The van der Waals surface area contributed by atoms with Gasteiger partial charge in [-0.3, -0.25) is 19.6 Å². The second-order valence-corrected chi connectivity index (χ2v) is 4.04. The Balaban J connectivity index is 1.69. The maximum Gasteiger partial charge on any atom is 0.246 e. The van der Waals surface area contributed by atoms with Crippen molar-refractivity contribution in [2.24, 2.45) is 0 Å². The molecule has 1 unspecified atom stereocenters. The Morgan fingerprint density at radius 1 is 1.59 bits per heavy atom. The maximum atomic E-state index is 11.6. The maximum absolute atomic E-state index is 11.6. The van der Waals surface area contributed by atoms with Crippen molar-refractivity contribution in [3.8, 4) is 0 Å². The van der Waals surface area contributed by atoms with Gasteiger partial charge in [0.2, 0.25) is 11.8 Å². The summed E-state index contributed by atoms with van der Waals surface area (Å²) >= 11 is 0. The number of H-pyrrole nitrogens is 1. The Morgan fingerprint density at radius 2 is 2.41 bits per heavy atom. The Bertz CT molecular complexity index is 403. The minimum atomic E-state index is -0.359. The van der Waals surface area contributed by atoms with Crippen LogP contribution in [0.25, 0.3) is 0 Å². The van der Waals surface area contributed by atoms with E-state index in [-0.39, 0.29) is 24.3 Å². The van der Waals surface area contributed by atoms with Crippen LogP contribution in [0.5, 0.6) is 0 Å². The van der Waals surface area contributed by atoms with Gasteiger partial charge in [-0.1, -0.05) is 0 Å². The summed E-state index contributed by atoms with van der Waals surface area (Å²) in [4.78, 5) is 28.0. The molecule has 1 atom stereocenters. The molecule has 7 heteroatoms. The monoisotopic (exact) mass is 237 g/mol. The number of likely N-dealkylation sites (tertiary alicyclic amines) is 1. The van der Waals surface area contributed by atoms with Gasteiger partial charge < -0.3 is 5.32 Å². The quantitative estimate of drug-likeness (QED) is 0.511. The predicted octanol–water partition coefficient (Wildman–Crippen LogP) is -0.916. The first-order valence-electron chi connectivity index (χ1n) is 5.56. The third kappa shape index (κ3) is 2.68. The van der Waals surface area contributed by atoms with Gasteiger partial charge in [-0.15, -0.1) is 0 Å². The molecule has 0 aliphatic carbocycles. The zero-order chi connectivity index (χ0) is 12.3. The molecule has 2 rings (SSSR count). The van der Waals surface area contributed by atoms with E-state index < -0.39 is 0 Å². The van der Waals surface area contributed by atoms with Crippen LogP contribution in [0.2, 0.25) is 0 Å². The molecule has 1 aliphatic rings. The fourth-order valence-corrected chi connectivity index (χ4v) is 1.80. The summed E-state index contributed by atoms with van der Waals surface area (Å²) < 4.78 is 0. The van der Waals surface area contributed by atoms with Gasteiger partial charge in [-0.2, -0.15) is 5.10 Å². The van der Waals surface area contributed by atoms with Crippen molar-refractivity contribution in [3.63, 3.8) is 0 Å². The molecule has 2 heterocycles. The second-order valence-electron chi connectivity index (χ2n) is 4.04. The second kappa shape index (κ2) is 5.05. The van der Waals surface area contributed by atoms with Crippen LogP contribution in [0, 0.1) is 0 Å². The van der Waals surface area contributed by atoms with E-state index in [1.807, 2.05) is 0 Å². The molecule has 0 bridgehead atoms. The number of aromatic amines is 1. The molecule has 2 N–H and O–H groups in total. The molecule has 1 fully saturated rings. The fraction of sp³-hybridized carbons (Fsp3) is 0.600. The van der Waals surface area contributed by atoms with Gasteiger partial charge in [0.05, 0.1) is 12.5 Å². The van der Waals surface area contributed by atoms with Gasteiger partial charge in [-0.25, -0.2) is 4.98 Å². The molecular weight excluding hydrogens is 222 g/mol. The topological polar surface area (TPSA) is 91.0 Å². The zero-order valence-corrected chi connectivity index (χ0v) is 9.64. The third-order valence-corrected chi connectivity index (χ3v) is 2.83. The molecule has 1 aromatic heterocycles. The molecule has 0 saturated carbocycles. The van der Waals surface area contributed by atoms with E-state index >= 15 is 0 Å². The van der Waals surface area contributed by atoms with Crippen molar-refractivity contribution in [3.05, 3.63) is 12.2 Å². The number of aromatic nitrogens is 3. The molecule has 0 spiro atoms. The first kappa shape index (κ1) is 11.7. The van der Waals surface area contributed by atoms with Crippen LogP contribution in [-0.2, 0) is 16.0 Å². The molecule has 92 valence electrons. The molecular formula is C10H15N5O2.